The molecule has 0 radical (unpaired) electrons. The summed E-state index contributed by atoms with van der Waals surface area (Å²) in [5.41, 5.74) is -0.472. The molecule has 0 spiro atoms. The average Bonchev–Trinajstić information content (AvgIpc) is 3.15. The largest absolute Gasteiger partial charge is 0.462 e. The molecule has 5 nitrogen and oxygen atoms in total. The summed E-state index contributed by atoms with van der Waals surface area (Å²) in [6.45, 7) is 11.4. The van der Waals surface area contributed by atoms with Crippen molar-refractivity contribution in [3.05, 3.63) is 0 Å². The summed E-state index contributed by atoms with van der Waals surface area (Å²) in [4.78, 5) is 26.7. The van der Waals surface area contributed by atoms with Gasteiger partial charge in [0.15, 0.2) is 0 Å². The molecule has 2 aliphatic rings. The van der Waals surface area contributed by atoms with Gasteiger partial charge in [0.25, 0.3) is 0 Å². The van der Waals surface area contributed by atoms with Crippen molar-refractivity contribution in [3.63, 3.8) is 0 Å². The molecule has 1 aliphatic carbocycles. The van der Waals surface area contributed by atoms with Crippen LogP contribution in [-0.4, -0.2) is 41.8 Å². The first-order valence-electron chi connectivity index (χ1n) is 10.3. The molecule has 1 unspecified atom stereocenters. The Morgan fingerprint density at radius 2 is 1.77 bits per heavy atom. The molecule has 0 aromatic carbocycles. The number of esters is 1. The summed E-state index contributed by atoms with van der Waals surface area (Å²) < 4.78 is 11.3. The van der Waals surface area contributed by atoms with Gasteiger partial charge in [0.05, 0.1) is 5.92 Å². The first kappa shape index (κ1) is 21.0. The van der Waals surface area contributed by atoms with Crippen molar-refractivity contribution < 1.29 is 19.1 Å². The van der Waals surface area contributed by atoms with E-state index >= 15 is 0 Å². The summed E-state index contributed by atoms with van der Waals surface area (Å²) in [5.74, 6) is 0.724. The Bertz CT molecular complexity index is 477. The first-order valence-corrected chi connectivity index (χ1v) is 10.3. The molecule has 150 valence electrons. The van der Waals surface area contributed by atoms with E-state index in [2.05, 4.69) is 13.8 Å². The van der Waals surface area contributed by atoms with Gasteiger partial charge in [-0.1, -0.05) is 13.8 Å². The molecule has 5 heteroatoms. The third kappa shape index (κ3) is 6.81. The maximum absolute atomic E-state index is 12.7. The minimum absolute atomic E-state index is 0.0266. The van der Waals surface area contributed by atoms with Gasteiger partial charge >= 0.3 is 12.1 Å². The lowest BCUT2D eigenvalue weighted by Gasteiger charge is -2.25. The monoisotopic (exact) mass is 367 g/mol. The van der Waals surface area contributed by atoms with Gasteiger partial charge in [-0.05, 0) is 77.6 Å². The van der Waals surface area contributed by atoms with Crippen LogP contribution in [0.5, 0.6) is 0 Å². The summed E-state index contributed by atoms with van der Waals surface area (Å²) in [5, 5.41) is 0. The van der Waals surface area contributed by atoms with Crippen LogP contribution in [0.15, 0.2) is 0 Å². The van der Waals surface area contributed by atoms with E-state index in [0.717, 1.165) is 32.1 Å². The zero-order valence-electron chi connectivity index (χ0n) is 17.3. The van der Waals surface area contributed by atoms with Crippen molar-refractivity contribution in [1.29, 1.82) is 0 Å². The van der Waals surface area contributed by atoms with Crippen molar-refractivity contribution in [2.75, 3.05) is 13.1 Å². The van der Waals surface area contributed by atoms with Crippen LogP contribution in [0.3, 0.4) is 0 Å². The van der Waals surface area contributed by atoms with Crippen molar-refractivity contribution >= 4 is 12.1 Å². The van der Waals surface area contributed by atoms with Gasteiger partial charge in [0.2, 0.25) is 0 Å². The number of carbonyl (C=O) groups excluding carboxylic acids is 2. The lowest BCUT2D eigenvalue weighted by atomic mass is 9.87. The zero-order chi connectivity index (χ0) is 19.3. The fourth-order valence-corrected chi connectivity index (χ4v) is 4.04. The third-order valence-electron chi connectivity index (χ3n) is 5.23. The highest BCUT2D eigenvalue weighted by Gasteiger charge is 2.34. The number of rotatable bonds is 6. The molecule has 2 fully saturated rings. The number of amides is 1. The third-order valence-corrected chi connectivity index (χ3v) is 5.23. The van der Waals surface area contributed by atoms with Crippen molar-refractivity contribution in [1.82, 2.24) is 4.90 Å². The molecule has 0 bridgehead atoms. The minimum atomic E-state index is -0.472. The Morgan fingerprint density at radius 1 is 1.12 bits per heavy atom. The van der Waals surface area contributed by atoms with Gasteiger partial charge in [-0.3, -0.25) is 4.79 Å². The standard InChI is InChI=1S/C21H37NO4/c1-15(2)12-17(19(23)25-18-8-6-7-9-18)13-16-10-11-22(14-16)20(24)26-21(3,4)5/h15-18H,6-14H2,1-5H3/t16?,17-/m1/s1. The van der Waals surface area contributed by atoms with E-state index in [1.165, 1.54) is 12.8 Å². The van der Waals surface area contributed by atoms with E-state index < -0.39 is 5.60 Å². The van der Waals surface area contributed by atoms with Crippen LogP contribution in [0.1, 0.15) is 79.6 Å². The average molecular weight is 368 g/mol. The molecule has 1 amide bonds. The summed E-state index contributed by atoms with van der Waals surface area (Å²) in [6, 6.07) is 0. The SMILES string of the molecule is CC(C)C[C@H](CC1CCN(C(=O)OC(C)(C)C)C1)C(=O)OC1CCCC1. The van der Waals surface area contributed by atoms with Gasteiger partial charge in [0, 0.05) is 13.1 Å². The first-order chi connectivity index (χ1) is 12.1. The number of nitrogens with zero attached hydrogens (tertiary/aromatic N) is 1. The van der Waals surface area contributed by atoms with E-state index in [-0.39, 0.29) is 24.1 Å². The number of carbonyl (C=O) groups is 2. The summed E-state index contributed by atoms with van der Waals surface area (Å²) >= 11 is 0. The Labute approximate surface area is 158 Å². The van der Waals surface area contributed by atoms with Gasteiger partial charge in [-0.25, -0.2) is 4.79 Å². The molecule has 2 atom stereocenters. The van der Waals surface area contributed by atoms with E-state index in [1.807, 2.05) is 20.8 Å². The number of hydrogen-bond donors (Lipinski definition) is 0. The Morgan fingerprint density at radius 3 is 2.35 bits per heavy atom. The van der Waals surface area contributed by atoms with Crippen LogP contribution in [0.25, 0.3) is 0 Å². The molecule has 0 aromatic heterocycles. The van der Waals surface area contributed by atoms with Crippen LogP contribution < -0.4 is 0 Å². The summed E-state index contributed by atoms with van der Waals surface area (Å²) in [7, 11) is 0. The second-order valence-corrected chi connectivity index (χ2v) is 9.49. The smallest absolute Gasteiger partial charge is 0.410 e. The van der Waals surface area contributed by atoms with Crippen LogP contribution in [0.4, 0.5) is 4.79 Å². The topological polar surface area (TPSA) is 55.8 Å². The molecular weight excluding hydrogens is 330 g/mol. The maximum Gasteiger partial charge on any atom is 0.410 e. The molecule has 1 saturated carbocycles. The molecule has 2 rings (SSSR count). The number of hydrogen-bond acceptors (Lipinski definition) is 4. The quantitative estimate of drug-likeness (QED) is 0.634. The lowest BCUT2D eigenvalue weighted by molar-refractivity contribution is -0.155. The summed E-state index contributed by atoms with van der Waals surface area (Å²) in [6.07, 6.45) is 6.84. The van der Waals surface area contributed by atoms with Gasteiger partial charge in [-0.15, -0.1) is 0 Å². The van der Waals surface area contributed by atoms with E-state index in [0.29, 0.717) is 24.9 Å². The molecule has 1 aliphatic heterocycles. The van der Waals surface area contributed by atoms with Crippen molar-refractivity contribution in [3.8, 4) is 0 Å². The molecule has 1 saturated heterocycles. The van der Waals surface area contributed by atoms with E-state index in [4.69, 9.17) is 9.47 Å². The highest BCUT2D eigenvalue weighted by atomic mass is 16.6. The van der Waals surface area contributed by atoms with E-state index in [1.54, 1.807) is 4.90 Å². The molecule has 0 N–H and O–H groups in total. The molecule has 0 aromatic rings. The molecule has 26 heavy (non-hydrogen) atoms. The van der Waals surface area contributed by atoms with Gasteiger partial charge in [-0.2, -0.15) is 0 Å². The predicted octanol–water partition coefficient (Wildman–Crippen LogP) is 4.78. The number of likely N-dealkylation sites (tertiary alicyclic amines) is 1. The van der Waals surface area contributed by atoms with Crippen LogP contribution in [-0.2, 0) is 14.3 Å². The van der Waals surface area contributed by atoms with Gasteiger partial charge < -0.3 is 14.4 Å². The lowest BCUT2D eigenvalue weighted by Crippen LogP contribution is -2.35. The normalized spacial score (nSPS) is 22.7. The van der Waals surface area contributed by atoms with E-state index in [9.17, 15) is 9.59 Å². The van der Waals surface area contributed by atoms with Crippen LogP contribution in [0.2, 0.25) is 0 Å². The van der Waals surface area contributed by atoms with Crippen molar-refractivity contribution in [2.45, 2.75) is 91.3 Å². The Kier molecular flexibility index (Phi) is 7.36. The Balaban J connectivity index is 1.87. The fraction of sp³-hybridized carbons (Fsp3) is 0.905. The fourth-order valence-electron chi connectivity index (χ4n) is 4.04. The van der Waals surface area contributed by atoms with Gasteiger partial charge in [0.1, 0.15) is 11.7 Å². The minimum Gasteiger partial charge on any atom is -0.462 e. The molecular formula is C21H37NO4. The maximum atomic E-state index is 12.7. The molecule has 1 heterocycles. The van der Waals surface area contributed by atoms with Crippen LogP contribution >= 0.6 is 0 Å². The second-order valence-electron chi connectivity index (χ2n) is 9.49. The van der Waals surface area contributed by atoms with Crippen LogP contribution in [0, 0.1) is 17.8 Å². The predicted molar refractivity (Wildman–Crippen MR) is 102 cm³/mol. The second kappa shape index (κ2) is 9.09. The highest BCUT2D eigenvalue weighted by molar-refractivity contribution is 5.72. The number of ether oxygens (including phenoxy) is 2. The zero-order valence-corrected chi connectivity index (χ0v) is 17.3. The highest BCUT2D eigenvalue weighted by Crippen LogP contribution is 2.30. The Hall–Kier alpha value is -1.26. The van der Waals surface area contributed by atoms with Crippen molar-refractivity contribution in [2.24, 2.45) is 17.8 Å².